The first kappa shape index (κ1) is 15.3. The second-order valence-corrected chi connectivity index (χ2v) is 8.05. The Morgan fingerprint density at radius 3 is 2.43 bits per heavy atom. The maximum absolute atomic E-state index is 13.1. The zero-order valence-electron chi connectivity index (χ0n) is 13.7. The van der Waals surface area contributed by atoms with Gasteiger partial charge in [-0.25, -0.2) is 0 Å². The van der Waals surface area contributed by atoms with Gasteiger partial charge < -0.3 is 10.6 Å². The average molecular weight is 292 g/mol. The normalized spacial score (nSPS) is 34.7. The van der Waals surface area contributed by atoms with E-state index in [1.807, 2.05) is 0 Å². The number of rotatable bonds is 4. The van der Waals surface area contributed by atoms with Gasteiger partial charge in [0, 0.05) is 12.6 Å². The zero-order valence-corrected chi connectivity index (χ0v) is 13.7. The van der Waals surface area contributed by atoms with E-state index in [0.717, 1.165) is 31.7 Å². The predicted octanol–water partition coefficient (Wildman–Crippen LogP) is 3.47. The third-order valence-electron chi connectivity index (χ3n) is 5.89. The smallest absolute Gasteiger partial charge is 0.242 e. The number of hydrogen-bond donors (Lipinski definition) is 1. The highest BCUT2D eigenvalue weighted by Crippen LogP contribution is 2.37. The number of carbonyl (C=O) groups is 1. The van der Waals surface area contributed by atoms with Crippen LogP contribution in [0.1, 0.15) is 77.6 Å². The van der Waals surface area contributed by atoms with Crippen LogP contribution in [0, 0.1) is 11.8 Å². The molecule has 2 N–H and O–H groups in total. The number of nitrogens with two attached hydrogens (primary N) is 1. The molecule has 21 heavy (non-hydrogen) atoms. The summed E-state index contributed by atoms with van der Waals surface area (Å²) in [6.45, 7) is 3.23. The molecule has 0 aromatic carbocycles. The summed E-state index contributed by atoms with van der Waals surface area (Å²) in [5, 5.41) is 0. The molecule has 3 rings (SSSR count). The lowest BCUT2D eigenvalue weighted by Gasteiger charge is -2.40. The van der Waals surface area contributed by atoms with Crippen LogP contribution in [0.2, 0.25) is 0 Å². The van der Waals surface area contributed by atoms with Gasteiger partial charge in [-0.15, -0.1) is 0 Å². The van der Waals surface area contributed by atoms with E-state index in [-0.39, 0.29) is 5.91 Å². The monoisotopic (exact) mass is 292 g/mol. The van der Waals surface area contributed by atoms with Gasteiger partial charge in [-0.05, 0) is 50.4 Å². The molecule has 3 nitrogen and oxygen atoms in total. The Hall–Kier alpha value is -0.570. The van der Waals surface area contributed by atoms with Crippen molar-refractivity contribution in [3.05, 3.63) is 0 Å². The lowest BCUT2D eigenvalue weighted by molar-refractivity contribution is -0.140. The van der Waals surface area contributed by atoms with Crippen molar-refractivity contribution in [3.63, 3.8) is 0 Å². The second-order valence-electron chi connectivity index (χ2n) is 8.05. The highest BCUT2D eigenvalue weighted by Gasteiger charge is 2.45. The van der Waals surface area contributed by atoms with E-state index in [1.165, 1.54) is 51.4 Å². The third-order valence-corrected chi connectivity index (χ3v) is 5.89. The van der Waals surface area contributed by atoms with Gasteiger partial charge in [0.25, 0.3) is 0 Å². The van der Waals surface area contributed by atoms with Crippen LogP contribution < -0.4 is 5.73 Å². The van der Waals surface area contributed by atoms with E-state index in [4.69, 9.17) is 5.73 Å². The van der Waals surface area contributed by atoms with Crippen LogP contribution in [-0.4, -0.2) is 28.9 Å². The Labute approximate surface area is 129 Å². The minimum Gasteiger partial charge on any atom is -0.338 e. The van der Waals surface area contributed by atoms with E-state index in [0.29, 0.717) is 12.0 Å². The summed E-state index contributed by atoms with van der Waals surface area (Å²) in [5.74, 6) is 1.61. The molecule has 1 amide bonds. The minimum atomic E-state index is -0.561. The molecule has 0 heterocycles. The molecular weight excluding hydrogens is 260 g/mol. The van der Waals surface area contributed by atoms with Gasteiger partial charge in [0.15, 0.2) is 0 Å². The van der Waals surface area contributed by atoms with Gasteiger partial charge in [-0.1, -0.05) is 39.0 Å². The Morgan fingerprint density at radius 2 is 1.81 bits per heavy atom. The fourth-order valence-corrected chi connectivity index (χ4v) is 4.50. The maximum Gasteiger partial charge on any atom is 0.242 e. The molecule has 2 atom stereocenters. The predicted molar refractivity (Wildman–Crippen MR) is 85.9 cm³/mol. The number of hydrogen-bond acceptors (Lipinski definition) is 2. The SMILES string of the molecule is CC1CCCC(N)(C(=O)N(CC2CCCCC2)C2CC2)C1. The highest BCUT2D eigenvalue weighted by molar-refractivity contribution is 5.86. The van der Waals surface area contributed by atoms with Gasteiger partial charge in [0.2, 0.25) is 5.91 Å². The first-order valence-electron chi connectivity index (χ1n) is 9.18. The molecule has 0 aromatic rings. The van der Waals surface area contributed by atoms with E-state index in [2.05, 4.69) is 11.8 Å². The number of nitrogens with zero attached hydrogens (tertiary/aromatic N) is 1. The van der Waals surface area contributed by atoms with Crippen molar-refractivity contribution in [3.8, 4) is 0 Å². The van der Waals surface area contributed by atoms with E-state index in [9.17, 15) is 4.79 Å². The summed E-state index contributed by atoms with van der Waals surface area (Å²) < 4.78 is 0. The Bertz CT molecular complexity index is 373. The molecule has 3 aliphatic carbocycles. The fourth-order valence-electron chi connectivity index (χ4n) is 4.50. The van der Waals surface area contributed by atoms with Crippen molar-refractivity contribution in [1.82, 2.24) is 4.90 Å². The van der Waals surface area contributed by atoms with Crippen LogP contribution in [0.3, 0.4) is 0 Å². The van der Waals surface area contributed by atoms with Gasteiger partial charge in [0.1, 0.15) is 0 Å². The van der Waals surface area contributed by atoms with Gasteiger partial charge in [-0.2, -0.15) is 0 Å². The molecule has 2 unspecified atom stereocenters. The Kier molecular flexibility index (Phi) is 4.58. The largest absolute Gasteiger partial charge is 0.338 e. The second kappa shape index (κ2) is 6.28. The summed E-state index contributed by atoms with van der Waals surface area (Å²) >= 11 is 0. The summed E-state index contributed by atoms with van der Waals surface area (Å²) in [7, 11) is 0. The first-order chi connectivity index (χ1) is 10.1. The summed E-state index contributed by atoms with van der Waals surface area (Å²) in [5.41, 5.74) is 6.01. The van der Waals surface area contributed by atoms with Crippen LogP contribution in [-0.2, 0) is 4.79 Å². The fraction of sp³-hybridized carbons (Fsp3) is 0.944. The van der Waals surface area contributed by atoms with Gasteiger partial charge in [-0.3, -0.25) is 4.79 Å². The summed E-state index contributed by atoms with van der Waals surface area (Å²) in [4.78, 5) is 15.3. The van der Waals surface area contributed by atoms with Crippen molar-refractivity contribution in [2.75, 3.05) is 6.54 Å². The Morgan fingerprint density at radius 1 is 1.10 bits per heavy atom. The lowest BCUT2D eigenvalue weighted by atomic mass is 9.76. The lowest BCUT2D eigenvalue weighted by Crippen LogP contribution is -2.58. The first-order valence-corrected chi connectivity index (χ1v) is 9.18. The van der Waals surface area contributed by atoms with E-state index < -0.39 is 5.54 Å². The molecule has 0 aliphatic heterocycles. The molecule has 3 heteroatoms. The number of amides is 1. The molecule has 0 spiro atoms. The van der Waals surface area contributed by atoms with Crippen LogP contribution in [0.25, 0.3) is 0 Å². The van der Waals surface area contributed by atoms with Crippen LogP contribution >= 0.6 is 0 Å². The van der Waals surface area contributed by atoms with Crippen LogP contribution in [0.15, 0.2) is 0 Å². The average Bonchev–Trinajstić information content (AvgIpc) is 3.29. The topological polar surface area (TPSA) is 46.3 Å². The molecule has 3 saturated carbocycles. The summed E-state index contributed by atoms with van der Waals surface area (Å²) in [6.07, 6.45) is 13.2. The van der Waals surface area contributed by atoms with E-state index >= 15 is 0 Å². The van der Waals surface area contributed by atoms with Crippen molar-refractivity contribution >= 4 is 5.91 Å². The highest BCUT2D eigenvalue weighted by atomic mass is 16.2. The third kappa shape index (κ3) is 3.61. The van der Waals surface area contributed by atoms with E-state index in [1.54, 1.807) is 0 Å². The molecule has 3 fully saturated rings. The molecule has 0 aromatic heterocycles. The molecule has 0 saturated heterocycles. The molecule has 120 valence electrons. The zero-order chi connectivity index (χ0) is 14.9. The molecule has 0 radical (unpaired) electrons. The van der Waals surface area contributed by atoms with Crippen molar-refractivity contribution < 1.29 is 4.79 Å². The summed E-state index contributed by atoms with van der Waals surface area (Å²) in [6, 6.07) is 0.511. The quantitative estimate of drug-likeness (QED) is 0.862. The van der Waals surface area contributed by atoms with Crippen molar-refractivity contribution in [2.45, 2.75) is 89.1 Å². The minimum absolute atomic E-state index is 0.280. The molecule has 0 bridgehead atoms. The molecular formula is C18H32N2O. The van der Waals surface area contributed by atoms with Crippen LogP contribution in [0.5, 0.6) is 0 Å². The molecule has 3 aliphatic rings. The maximum atomic E-state index is 13.1. The standard InChI is InChI=1S/C18H32N2O/c1-14-6-5-11-18(19,12-14)17(21)20(16-9-10-16)13-15-7-3-2-4-8-15/h14-16H,2-13,19H2,1H3. The van der Waals surface area contributed by atoms with Crippen molar-refractivity contribution in [2.24, 2.45) is 17.6 Å². The van der Waals surface area contributed by atoms with Crippen LogP contribution in [0.4, 0.5) is 0 Å². The number of carbonyl (C=O) groups excluding carboxylic acids is 1. The Balaban J connectivity index is 1.66. The van der Waals surface area contributed by atoms with Gasteiger partial charge >= 0.3 is 0 Å². The van der Waals surface area contributed by atoms with Crippen molar-refractivity contribution in [1.29, 1.82) is 0 Å². The van der Waals surface area contributed by atoms with Gasteiger partial charge in [0.05, 0.1) is 5.54 Å².